The standard InChI is InChI=1S/C10H14O4/c1-5-13-8(11)7-6(2)10(3,4)14-9(7)12/h5H2,1-4H3. The Morgan fingerprint density at radius 1 is 1.50 bits per heavy atom. The van der Waals surface area contributed by atoms with Gasteiger partial charge in [0.25, 0.3) is 0 Å². The van der Waals surface area contributed by atoms with Crippen molar-refractivity contribution < 1.29 is 19.1 Å². The number of carbonyl (C=O) groups is 2. The van der Waals surface area contributed by atoms with Crippen LogP contribution < -0.4 is 0 Å². The summed E-state index contributed by atoms with van der Waals surface area (Å²) >= 11 is 0. The van der Waals surface area contributed by atoms with Gasteiger partial charge >= 0.3 is 11.9 Å². The Hall–Kier alpha value is -1.32. The number of carbonyl (C=O) groups excluding carboxylic acids is 2. The summed E-state index contributed by atoms with van der Waals surface area (Å²) in [5, 5.41) is 0. The summed E-state index contributed by atoms with van der Waals surface area (Å²) < 4.78 is 9.79. The fraction of sp³-hybridized carbons (Fsp3) is 0.600. The van der Waals surface area contributed by atoms with Crippen molar-refractivity contribution in [2.75, 3.05) is 6.61 Å². The van der Waals surface area contributed by atoms with Crippen LogP contribution in [0.15, 0.2) is 11.1 Å². The third kappa shape index (κ3) is 1.64. The lowest BCUT2D eigenvalue weighted by molar-refractivity contribution is -0.148. The zero-order valence-corrected chi connectivity index (χ0v) is 8.84. The summed E-state index contributed by atoms with van der Waals surface area (Å²) in [4.78, 5) is 22.7. The lowest BCUT2D eigenvalue weighted by Crippen LogP contribution is -2.21. The molecule has 1 aliphatic rings. The zero-order chi connectivity index (χ0) is 10.9. The van der Waals surface area contributed by atoms with E-state index < -0.39 is 17.5 Å². The van der Waals surface area contributed by atoms with Crippen molar-refractivity contribution in [2.24, 2.45) is 0 Å². The van der Waals surface area contributed by atoms with Crippen molar-refractivity contribution in [1.82, 2.24) is 0 Å². The molecule has 14 heavy (non-hydrogen) atoms. The third-order valence-corrected chi connectivity index (χ3v) is 2.31. The molecule has 1 heterocycles. The Kier molecular flexibility index (Phi) is 2.64. The maximum Gasteiger partial charge on any atom is 0.346 e. The van der Waals surface area contributed by atoms with Gasteiger partial charge in [0.15, 0.2) is 0 Å². The summed E-state index contributed by atoms with van der Waals surface area (Å²) in [5.41, 5.74) is -0.0306. The molecule has 0 saturated heterocycles. The van der Waals surface area contributed by atoms with Gasteiger partial charge in [-0.25, -0.2) is 9.59 Å². The van der Waals surface area contributed by atoms with Crippen molar-refractivity contribution in [2.45, 2.75) is 33.3 Å². The van der Waals surface area contributed by atoms with Gasteiger partial charge in [0.05, 0.1) is 6.61 Å². The second-order valence-electron chi connectivity index (χ2n) is 3.62. The summed E-state index contributed by atoms with van der Waals surface area (Å²) in [6, 6.07) is 0. The van der Waals surface area contributed by atoms with Crippen molar-refractivity contribution >= 4 is 11.9 Å². The molecular weight excluding hydrogens is 184 g/mol. The maximum atomic E-state index is 11.4. The fourth-order valence-electron chi connectivity index (χ4n) is 1.25. The third-order valence-electron chi connectivity index (χ3n) is 2.31. The summed E-state index contributed by atoms with van der Waals surface area (Å²) in [6.07, 6.45) is 0. The molecule has 1 rings (SSSR count). The molecule has 0 atom stereocenters. The molecule has 0 aromatic heterocycles. The molecule has 0 unspecified atom stereocenters. The molecule has 78 valence electrons. The van der Waals surface area contributed by atoms with Gasteiger partial charge < -0.3 is 9.47 Å². The van der Waals surface area contributed by atoms with Crippen molar-refractivity contribution in [3.63, 3.8) is 0 Å². The quantitative estimate of drug-likeness (QED) is 0.494. The van der Waals surface area contributed by atoms with Gasteiger partial charge in [-0.1, -0.05) is 0 Å². The van der Waals surface area contributed by atoms with Gasteiger partial charge in [-0.2, -0.15) is 0 Å². The zero-order valence-electron chi connectivity index (χ0n) is 8.84. The van der Waals surface area contributed by atoms with E-state index >= 15 is 0 Å². The Morgan fingerprint density at radius 3 is 2.43 bits per heavy atom. The number of esters is 2. The van der Waals surface area contributed by atoms with E-state index in [1.807, 2.05) is 0 Å². The second kappa shape index (κ2) is 3.44. The smallest absolute Gasteiger partial charge is 0.346 e. The molecule has 0 aromatic carbocycles. The van der Waals surface area contributed by atoms with E-state index in [0.717, 1.165) is 0 Å². The molecule has 0 aromatic rings. The number of cyclic esters (lactones) is 1. The fourth-order valence-corrected chi connectivity index (χ4v) is 1.25. The average molecular weight is 198 g/mol. The Balaban J connectivity index is 3.02. The molecule has 0 bridgehead atoms. The predicted molar refractivity (Wildman–Crippen MR) is 49.5 cm³/mol. The van der Waals surface area contributed by atoms with Crippen LogP contribution in [0.5, 0.6) is 0 Å². The first-order valence-electron chi connectivity index (χ1n) is 4.52. The molecule has 4 nitrogen and oxygen atoms in total. The minimum atomic E-state index is -0.695. The van der Waals surface area contributed by atoms with Crippen LogP contribution in [0.2, 0.25) is 0 Å². The highest BCUT2D eigenvalue weighted by molar-refractivity contribution is 6.16. The second-order valence-corrected chi connectivity index (χ2v) is 3.62. The van der Waals surface area contributed by atoms with Crippen molar-refractivity contribution in [3.8, 4) is 0 Å². The number of hydrogen-bond acceptors (Lipinski definition) is 4. The normalized spacial score (nSPS) is 19.6. The van der Waals surface area contributed by atoms with Crippen molar-refractivity contribution in [1.29, 1.82) is 0 Å². The summed E-state index contributed by atoms with van der Waals surface area (Å²) in [6.45, 7) is 7.14. The van der Waals surface area contributed by atoms with E-state index in [0.29, 0.717) is 5.57 Å². The number of rotatable bonds is 2. The van der Waals surface area contributed by atoms with E-state index in [-0.39, 0.29) is 12.2 Å². The van der Waals surface area contributed by atoms with Crippen LogP contribution in [0.25, 0.3) is 0 Å². The van der Waals surface area contributed by atoms with Crippen LogP contribution in [0, 0.1) is 0 Å². The summed E-state index contributed by atoms with van der Waals surface area (Å²) in [7, 11) is 0. The minimum Gasteiger partial charge on any atom is -0.462 e. The monoisotopic (exact) mass is 198 g/mol. The van der Waals surface area contributed by atoms with Crippen LogP contribution in [0.1, 0.15) is 27.7 Å². The first-order valence-corrected chi connectivity index (χ1v) is 4.52. The average Bonchev–Trinajstić information content (AvgIpc) is 2.22. The molecule has 4 heteroatoms. The van der Waals surface area contributed by atoms with Crippen LogP contribution >= 0.6 is 0 Å². The van der Waals surface area contributed by atoms with Gasteiger partial charge in [0.1, 0.15) is 11.2 Å². The Morgan fingerprint density at radius 2 is 2.07 bits per heavy atom. The lowest BCUT2D eigenvalue weighted by Gasteiger charge is -2.17. The molecule has 0 amide bonds. The first-order chi connectivity index (χ1) is 6.40. The van der Waals surface area contributed by atoms with E-state index in [4.69, 9.17) is 9.47 Å². The molecule has 0 spiro atoms. The van der Waals surface area contributed by atoms with E-state index in [1.165, 1.54) is 0 Å². The van der Waals surface area contributed by atoms with E-state index in [2.05, 4.69) is 0 Å². The highest BCUT2D eigenvalue weighted by atomic mass is 16.6. The molecule has 0 radical (unpaired) electrons. The Labute approximate surface area is 82.9 Å². The van der Waals surface area contributed by atoms with Gasteiger partial charge in [-0.15, -0.1) is 0 Å². The van der Waals surface area contributed by atoms with Gasteiger partial charge in [0.2, 0.25) is 0 Å². The van der Waals surface area contributed by atoms with Crippen LogP contribution in [-0.2, 0) is 19.1 Å². The van der Waals surface area contributed by atoms with Crippen LogP contribution in [-0.4, -0.2) is 24.1 Å². The molecule has 0 N–H and O–H groups in total. The Bertz CT molecular complexity index is 312. The SMILES string of the molecule is CCOC(=O)C1=C(C)C(C)(C)OC1=O. The van der Waals surface area contributed by atoms with Crippen LogP contribution in [0.3, 0.4) is 0 Å². The highest BCUT2D eigenvalue weighted by Crippen LogP contribution is 2.32. The van der Waals surface area contributed by atoms with Gasteiger partial charge in [-0.05, 0) is 33.3 Å². The predicted octanol–water partition coefficient (Wildman–Crippen LogP) is 1.20. The van der Waals surface area contributed by atoms with Gasteiger partial charge in [0, 0.05) is 0 Å². The lowest BCUT2D eigenvalue weighted by atomic mass is 9.98. The molecular formula is C10H14O4. The molecule has 1 aliphatic heterocycles. The summed E-state index contributed by atoms with van der Waals surface area (Å²) in [5.74, 6) is -1.19. The number of ether oxygens (including phenoxy) is 2. The van der Waals surface area contributed by atoms with Gasteiger partial charge in [-0.3, -0.25) is 0 Å². The topological polar surface area (TPSA) is 52.6 Å². The van der Waals surface area contributed by atoms with E-state index in [9.17, 15) is 9.59 Å². The number of hydrogen-bond donors (Lipinski definition) is 0. The molecule has 0 aliphatic carbocycles. The molecule has 0 fully saturated rings. The van der Waals surface area contributed by atoms with Crippen molar-refractivity contribution in [3.05, 3.63) is 11.1 Å². The highest BCUT2D eigenvalue weighted by Gasteiger charge is 2.41. The van der Waals surface area contributed by atoms with E-state index in [1.54, 1.807) is 27.7 Å². The first kappa shape index (κ1) is 10.8. The molecule has 0 saturated carbocycles. The minimum absolute atomic E-state index is 0.0388. The maximum absolute atomic E-state index is 11.4. The van der Waals surface area contributed by atoms with Crippen LogP contribution in [0.4, 0.5) is 0 Å². The largest absolute Gasteiger partial charge is 0.462 e.